The van der Waals surface area contributed by atoms with Gasteiger partial charge in [0.15, 0.2) is 0 Å². The van der Waals surface area contributed by atoms with Gasteiger partial charge in [-0.15, -0.1) is 0 Å². The topological polar surface area (TPSA) is 54.8 Å². The van der Waals surface area contributed by atoms with Gasteiger partial charge in [-0.3, -0.25) is 14.5 Å². The van der Waals surface area contributed by atoms with Crippen LogP contribution >= 0.6 is 24.0 Å². The fourth-order valence-electron chi connectivity index (χ4n) is 4.84. The highest BCUT2D eigenvalue weighted by molar-refractivity contribution is 8.26. The van der Waals surface area contributed by atoms with E-state index in [2.05, 4.69) is 11.0 Å². The van der Waals surface area contributed by atoms with Crippen molar-refractivity contribution in [3.05, 3.63) is 45.4 Å². The van der Waals surface area contributed by atoms with E-state index < -0.39 is 0 Å². The van der Waals surface area contributed by atoms with Gasteiger partial charge >= 0.3 is 0 Å². The SMILES string of the molecule is O=C1/C(=C/N2C[C@H]3C[C@H](C2)c2cccc(=O)n2C3)SC(=S)N1C[C@H]1CCCO1. The van der Waals surface area contributed by atoms with Crippen molar-refractivity contribution in [3.63, 3.8) is 0 Å². The molecule has 4 aliphatic heterocycles. The Morgan fingerprint density at radius 3 is 2.96 bits per heavy atom. The van der Waals surface area contributed by atoms with Crippen LogP contribution in [0.4, 0.5) is 0 Å². The standard InChI is InChI=1S/C20H23N3O3S2/c24-18-5-1-4-16-14-7-13(9-22(16)18)8-21(10-14)12-17-19(25)23(20(27)28-17)11-15-3-2-6-26-15/h1,4-5,12-15H,2-3,6-11H2/b17-12-/t13-,14-,15-/m1/s1. The number of nitrogens with zero attached hydrogens (tertiary/aromatic N) is 3. The molecule has 8 heteroatoms. The number of thiocarbonyl (C=S) groups is 1. The molecule has 5 heterocycles. The lowest BCUT2D eigenvalue weighted by Crippen LogP contribution is -2.45. The van der Waals surface area contributed by atoms with Crippen molar-refractivity contribution < 1.29 is 9.53 Å². The summed E-state index contributed by atoms with van der Waals surface area (Å²) >= 11 is 6.85. The fourth-order valence-corrected chi connectivity index (χ4v) is 6.13. The third-order valence-electron chi connectivity index (χ3n) is 6.09. The van der Waals surface area contributed by atoms with Crippen LogP contribution in [0.15, 0.2) is 34.1 Å². The second-order valence-corrected chi connectivity index (χ2v) is 9.74. The molecule has 2 bridgehead atoms. The highest BCUT2D eigenvalue weighted by Crippen LogP contribution is 2.37. The molecule has 3 atom stereocenters. The minimum absolute atomic E-state index is 0.00199. The third kappa shape index (κ3) is 3.31. The number of carbonyl (C=O) groups is 1. The first kappa shape index (κ1) is 18.4. The molecule has 5 rings (SSSR count). The summed E-state index contributed by atoms with van der Waals surface area (Å²) in [6.07, 6.45) is 5.24. The first-order chi connectivity index (χ1) is 13.6. The summed E-state index contributed by atoms with van der Waals surface area (Å²) in [6.45, 7) is 3.79. The summed E-state index contributed by atoms with van der Waals surface area (Å²) in [4.78, 5) is 29.7. The number of hydrogen-bond donors (Lipinski definition) is 0. The van der Waals surface area contributed by atoms with Gasteiger partial charge in [-0.25, -0.2) is 0 Å². The quantitative estimate of drug-likeness (QED) is 0.555. The van der Waals surface area contributed by atoms with Crippen molar-refractivity contribution in [3.8, 4) is 0 Å². The van der Waals surface area contributed by atoms with Crippen molar-refractivity contribution in [1.29, 1.82) is 0 Å². The van der Waals surface area contributed by atoms with Crippen LogP contribution in [-0.4, -0.2) is 56.9 Å². The Hall–Kier alpha value is -1.64. The summed E-state index contributed by atoms with van der Waals surface area (Å²) in [6, 6.07) is 5.55. The molecule has 4 aliphatic rings. The lowest BCUT2D eigenvalue weighted by atomic mass is 9.83. The van der Waals surface area contributed by atoms with Crippen LogP contribution in [0.1, 0.15) is 30.9 Å². The molecule has 3 fully saturated rings. The van der Waals surface area contributed by atoms with E-state index in [1.807, 2.05) is 16.8 Å². The maximum absolute atomic E-state index is 12.9. The van der Waals surface area contributed by atoms with Crippen LogP contribution in [0.25, 0.3) is 0 Å². The number of ether oxygens (including phenoxy) is 1. The summed E-state index contributed by atoms with van der Waals surface area (Å²) in [5.41, 5.74) is 1.21. The molecule has 0 radical (unpaired) electrons. The minimum atomic E-state index is -0.00199. The maximum atomic E-state index is 12.9. The van der Waals surface area contributed by atoms with E-state index in [1.165, 1.54) is 11.8 Å². The Morgan fingerprint density at radius 1 is 1.25 bits per heavy atom. The Morgan fingerprint density at radius 2 is 2.14 bits per heavy atom. The lowest BCUT2D eigenvalue weighted by molar-refractivity contribution is -0.123. The van der Waals surface area contributed by atoms with Gasteiger partial charge in [0, 0.05) is 50.1 Å². The van der Waals surface area contributed by atoms with E-state index in [9.17, 15) is 9.59 Å². The van der Waals surface area contributed by atoms with E-state index in [-0.39, 0.29) is 17.6 Å². The number of rotatable bonds is 3. The number of pyridine rings is 1. The van der Waals surface area contributed by atoms with E-state index in [0.717, 1.165) is 51.2 Å². The molecule has 0 aromatic carbocycles. The molecule has 0 unspecified atom stereocenters. The molecule has 0 N–H and O–H groups in total. The molecule has 1 aromatic heterocycles. The van der Waals surface area contributed by atoms with E-state index in [0.29, 0.717) is 27.6 Å². The van der Waals surface area contributed by atoms with Gasteiger partial charge in [-0.1, -0.05) is 30.0 Å². The zero-order chi connectivity index (χ0) is 19.3. The zero-order valence-corrected chi connectivity index (χ0v) is 17.2. The van der Waals surface area contributed by atoms with Crippen LogP contribution in [-0.2, 0) is 16.1 Å². The van der Waals surface area contributed by atoms with Gasteiger partial charge in [0.25, 0.3) is 11.5 Å². The van der Waals surface area contributed by atoms with Crippen molar-refractivity contribution >= 4 is 34.2 Å². The Balaban J connectivity index is 1.32. The molecular weight excluding hydrogens is 394 g/mol. The fraction of sp³-hybridized carbons (Fsp3) is 0.550. The van der Waals surface area contributed by atoms with Crippen molar-refractivity contribution in [2.24, 2.45) is 5.92 Å². The molecule has 0 saturated carbocycles. The Bertz CT molecular complexity index is 906. The van der Waals surface area contributed by atoms with Gasteiger partial charge < -0.3 is 14.2 Å². The van der Waals surface area contributed by atoms with Gasteiger partial charge in [-0.05, 0) is 31.2 Å². The van der Waals surface area contributed by atoms with Gasteiger partial charge in [0.2, 0.25) is 0 Å². The number of likely N-dealkylation sites (tertiary alicyclic amines) is 1. The predicted molar refractivity (Wildman–Crippen MR) is 112 cm³/mol. The summed E-state index contributed by atoms with van der Waals surface area (Å²) in [7, 11) is 0. The highest BCUT2D eigenvalue weighted by atomic mass is 32.2. The Kier molecular flexibility index (Phi) is 4.80. The molecule has 28 heavy (non-hydrogen) atoms. The van der Waals surface area contributed by atoms with Crippen LogP contribution < -0.4 is 5.56 Å². The predicted octanol–water partition coefficient (Wildman–Crippen LogP) is 2.15. The third-order valence-corrected chi connectivity index (χ3v) is 7.46. The van der Waals surface area contributed by atoms with E-state index in [4.69, 9.17) is 17.0 Å². The highest BCUT2D eigenvalue weighted by Gasteiger charge is 2.37. The van der Waals surface area contributed by atoms with Crippen LogP contribution in [0.3, 0.4) is 0 Å². The van der Waals surface area contributed by atoms with Gasteiger partial charge in [0.1, 0.15) is 4.32 Å². The molecule has 1 aromatic rings. The smallest absolute Gasteiger partial charge is 0.267 e. The molecule has 1 amide bonds. The lowest BCUT2D eigenvalue weighted by Gasteiger charge is -2.42. The number of fused-ring (bicyclic) bond motifs is 4. The zero-order valence-electron chi connectivity index (χ0n) is 15.6. The molecule has 148 valence electrons. The largest absolute Gasteiger partial charge is 0.376 e. The summed E-state index contributed by atoms with van der Waals surface area (Å²) in [5.74, 6) is 0.757. The van der Waals surface area contributed by atoms with Gasteiger partial charge in [0.05, 0.1) is 17.6 Å². The van der Waals surface area contributed by atoms with E-state index in [1.54, 1.807) is 11.0 Å². The van der Waals surface area contributed by atoms with E-state index >= 15 is 0 Å². The molecular formula is C20H23N3O3S2. The number of hydrogen-bond acceptors (Lipinski definition) is 6. The molecule has 0 aliphatic carbocycles. The van der Waals surface area contributed by atoms with Crippen LogP contribution in [0.2, 0.25) is 0 Å². The normalized spacial score (nSPS) is 31.0. The van der Waals surface area contributed by atoms with Crippen LogP contribution in [0, 0.1) is 5.92 Å². The number of piperidine rings is 1. The van der Waals surface area contributed by atoms with Crippen molar-refractivity contribution in [2.45, 2.75) is 37.8 Å². The average molecular weight is 418 g/mol. The minimum Gasteiger partial charge on any atom is -0.376 e. The summed E-state index contributed by atoms with van der Waals surface area (Å²) in [5, 5.41) is 0. The summed E-state index contributed by atoms with van der Waals surface area (Å²) < 4.78 is 8.22. The van der Waals surface area contributed by atoms with Crippen molar-refractivity contribution in [2.75, 3.05) is 26.2 Å². The monoisotopic (exact) mass is 417 g/mol. The second kappa shape index (κ2) is 7.31. The molecule has 3 saturated heterocycles. The van der Waals surface area contributed by atoms with Gasteiger partial charge in [-0.2, -0.15) is 0 Å². The molecule has 0 spiro atoms. The number of carbonyl (C=O) groups excluding carboxylic acids is 1. The molecule has 6 nitrogen and oxygen atoms in total. The maximum Gasteiger partial charge on any atom is 0.267 e. The first-order valence-corrected chi connectivity index (χ1v) is 11.1. The number of thioether (sulfide) groups is 1. The van der Waals surface area contributed by atoms with Crippen LogP contribution in [0.5, 0.6) is 0 Å². The first-order valence-electron chi connectivity index (χ1n) is 9.89. The Labute approximate surface area is 173 Å². The number of aromatic nitrogens is 1. The average Bonchev–Trinajstić information content (AvgIpc) is 3.27. The second-order valence-electron chi connectivity index (χ2n) is 8.06. The van der Waals surface area contributed by atoms with Crippen molar-refractivity contribution in [1.82, 2.24) is 14.4 Å². The number of amides is 1.